The lowest BCUT2D eigenvalue weighted by atomic mass is 10.2. The van der Waals surface area contributed by atoms with Crippen LogP contribution in [0.5, 0.6) is 0 Å². The van der Waals surface area contributed by atoms with Gasteiger partial charge in [-0.3, -0.25) is 0 Å². The summed E-state index contributed by atoms with van der Waals surface area (Å²) in [4.78, 5) is 0. The monoisotopic (exact) mass is 221 g/mol. The second kappa shape index (κ2) is 4.19. The third kappa shape index (κ3) is 2.19. The number of nitrogens with zero attached hydrogens (tertiary/aromatic N) is 1. The van der Waals surface area contributed by atoms with Gasteiger partial charge in [-0.15, -0.1) is 0 Å². The molecule has 0 unspecified atom stereocenters. The number of halogens is 1. The normalized spacial score (nSPS) is 11.0. The van der Waals surface area contributed by atoms with E-state index >= 15 is 0 Å². The number of hydrogen-bond donors (Lipinski definition) is 1. The van der Waals surface area contributed by atoms with Crippen LogP contribution in [0.1, 0.15) is 5.76 Å². The summed E-state index contributed by atoms with van der Waals surface area (Å²) >= 11 is 5.77. The minimum atomic E-state index is 0.502. The molecule has 0 saturated heterocycles. The Bertz CT molecular complexity index is 474. The van der Waals surface area contributed by atoms with E-state index in [-0.39, 0.29) is 0 Å². The van der Waals surface area contributed by atoms with Crippen molar-refractivity contribution >= 4 is 17.8 Å². The number of rotatable bonds is 2. The molecular weight excluding hydrogens is 214 g/mol. The van der Waals surface area contributed by atoms with Gasteiger partial charge in [0.2, 0.25) is 0 Å². The molecule has 3 nitrogen and oxygen atoms in total. The molecule has 0 amide bonds. The summed E-state index contributed by atoms with van der Waals surface area (Å²) in [6, 6.07) is 10.8. The second-order valence-electron chi connectivity index (χ2n) is 2.95. The minimum absolute atomic E-state index is 0.502. The molecular formula is C11H8ClNO2. The SMILES string of the molecule is ON=Cc1ccc(-c2ccc(Cl)cc2)o1. The molecule has 0 spiro atoms. The first-order valence-electron chi connectivity index (χ1n) is 4.33. The smallest absolute Gasteiger partial charge is 0.149 e. The van der Waals surface area contributed by atoms with E-state index in [2.05, 4.69) is 5.16 Å². The molecule has 76 valence electrons. The summed E-state index contributed by atoms with van der Waals surface area (Å²) < 4.78 is 5.40. The summed E-state index contributed by atoms with van der Waals surface area (Å²) in [6.07, 6.45) is 1.24. The molecule has 0 aliphatic heterocycles. The highest BCUT2D eigenvalue weighted by Gasteiger charge is 2.02. The van der Waals surface area contributed by atoms with Crippen molar-refractivity contribution in [2.24, 2.45) is 5.16 Å². The molecule has 0 aliphatic carbocycles. The fraction of sp³-hybridized carbons (Fsp3) is 0. The lowest BCUT2D eigenvalue weighted by Gasteiger charge is -1.95. The summed E-state index contributed by atoms with van der Waals surface area (Å²) in [5.74, 6) is 1.21. The molecule has 1 aromatic heterocycles. The summed E-state index contributed by atoms with van der Waals surface area (Å²) in [5, 5.41) is 11.9. The predicted octanol–water partition coefficient (Wildman–Crippen LogP) is 3.41. The summed E-state index contributed by atoms with van der Waals surface area (Å²) in [6.45, 7) is 0. The van der Waals surface area contributed by atoms with Crippen molar-refractivity contribution in [2.75, 3.05) is 0 Å². The van der Waals surface area contributed by atoms with Gasteiger partial charge >= 0.3 is 0 Å². The average Bonchev–Trinajstić information content (AvgIpc) is 2.68. The molecule has 0 aliphatic rings. The second-order valence-corrected chi connectivity index (χ2v) is 3.39. The Morgan fingerprint density at radius 3 is 2.53 bits per heavy atom. The first-order valence-corrected chi connectivity index (χ1v) is 4.70. The van der Waals surface area contributed by atoms with Gasteiger partial charge in [0.05, 0.1) is 0 Å². The Labute approximate surface area is 91.6 Å². The van der Waals surface area contributed by atoms with E-state index in [4.69, 9.17) is 21.2 Å². The van der Waals surface area contributed by atoms with Gasteiger partial charge in [0, 0.05) is 10.6 Å². The maximum absolute atomic E-state index is 8.33. The molecule has 0 bridgehead atoms. The standard InChI is InChI=1S/C11H8ClNO2/c12-9-3-1-8(2-4-9)11-6-5-10(15-11)7-13-14/h1-7,14H. The van der Waals surface area contributed by atoms with E-state index in [0.717, 1.165) is 5.56 Å². The van der Waals surface area contributed by atoms with Crippen LogP contribution in [0.25, 0.3) is 11.3 Å². The third-order valence-electron chi connectivity index (χ3n) is 1.94. The van der Waals surface area contributed by atoms with Gasteiger partial charge in [-0.1, -0.05) is 16.8 Å². The highest BCUT2D eigenvalue weighted by molar-refractivity contribution is 6.30. The molecule has 1 heterocycles. The van der Waals surface area contributed by atoms with E-state index in [1.165, 1.54) is 6.21 Å². The van der Waals surface area contributed by atoms with Crippen molar-refractivity contribution in [2.45, 2.75) is 0 Å². The zero-order valence-electron chi connectivity index (χ0n) is 7.72. The fourth-order valence-electron chi connectivity index (χ4n) is 1.25. The maximum atomic E-state index is 8.33. The molecule has 0 fully saturated rings. The maximum Gasteiger partial charge on any atom is 0.149 e. The number of hydrogen-bond acceptors (Lipinski definition) is 3. The fourth-order valence-corrected chi connectivity index (χ4v) is 1.37. The van der Waals surface area contributed by atoms with Gasteiger partial charge in [0.15, 0.2) is 0 Å². The Morgan fingerprint density at radius 2 is 1.87 bits per heavy atom. The summed E-state index contributed by atoms with van der Waals surface area (Å²) in [5.41, 5.74) is 0.928. The van der Waals surface area contributed by atoms with Crippen LogP contribution < -0.4 is 0 Å². The van der Waals surface area contributed by atoms with Gasteiger partial charge in [-0.05, 0) is 36.4 Å². The third-order valence-corrected chi connectivity index (χ3v) is 2.19. The molecule has 0 atom stereocenters. The number of benzene rings is 1. The Hall–Kier alpha value is -1.74. The van der Waals surface area contributed by atoms with Crippen LogP contribution in [0.3, 0.4) is 0 Å². The van der Waals surface area contributed by atoms with Crippen LogP contribution in [0.15, 0.2) is 46.0 Å². The van der Waals surface area contributed by atoms with Crippen molar-refractivity contribution in [3.8, 4) is 11.3 Å². The van der Waals surface area contributed by atoms with Gasteiger partial charge in [0.1, 0.15) is 17.7 Å². The van der Waals surface area contributed by atoms with Crippen LogP contribution in [0.4, 0.5) is 0 Å². The number of oxime groups is 1. The first kappa shape index (κ1) is 9.80. The highest BCUT2D eigenvalue weighted by Crippen LogP contribution is 2.23. The van der Waals surface area contributed by atoms with Crippen LogP contribution in [0.2, 0.25) is 5.02 Å². The van der Waals surface area contributed by atoms with Crippen molar-refractivity contribution in [1.82, 2.24) is 0 Å². The number of furan rings is 1. The molecule has 0 saturated carbocycles. The minimum Gasteiger partial charge on any atom is -0.455 e. The summed E-state index contributed by atoms with van der Waals surface area (Å²) in [7, 11) is 0. The van der Waals surface area contributed by atoms with Crippen LogP contribution >= 0.6 is 11.6 Å². The van der Waals surface area contributed by atoms with E-state index in [1.54, 1.807) is 24.3 Å². The predicted molar refractivity (Wildman–Crippen MR) is 58.5 cm³/mol. The zero-order valence-corrected chi connectivity index (χ0v) is 8.48. The van der Waals surface area contributed by atoms with Crippen molar-refractivity contribution in [3.63, 3.8) is 0 Å². The van der Waals surface area contributed by atoms with Crippen molar-refractivity contribution in [3.05, 3.63) is 47.2 Å². The molecule has 4 heteroatoms. The van der Waals surface area contributed by atoms with E-state index in [9.17, 15) is 0 Å². The van der Waals surface area contributed by atoms with E-state index < -0.39 is 0 Å². The van der Waals surface area contributed by atoms with Gasteiger partial charge in [-0.25, -0.2) is 0 Å². The average molecular weight is 222 g/mol. The Balaban J connectivity index is 2.33. The largest absolute Gasteiger partial charge is 0.455 e. The van der Waals surface area contributed by atoms with Crippen LogP contribution in [0, 0.1) is 0 Å². The van der Waals surface area contributed by atoms with Crippen LogP contribution in [-0.2, 0) is 0 Å². The van der Waals surface area contributed by atoms with Gasteiger partial charge in [0.25, 0.3) is 0 Å². The van der Waals surface area contributed by atoms with Crippen molar-refractivity contribution in [1.29, 1.82) is 0 Å². The quantitative estimate of drug-likeness (QED) is 0.480. The van der Waals surface area contributed by atoms with Gasteiger partial charge in [-0.2, -0.15) is 0 Å². The Kier molecular flexibility index (Phi) is 2.74. The van der Waals surface area contributed by atoms with Crippen LogP contribution in [-0.4, -0.2) is 11.4 Å². The molecule has 1 aromatic carbocycles. The van der Waals surface area contributed by atoms with Gasteiger partial charge < -0.3 is 9.62 Å². The Morgan fingerprint density at radius 1 is 1.13 bits per heavy atom. The lowest BCUT2D eigenvalue weighted by molar-refractivity contribution is 0.321. The topological polar surface area (TPSA) is 45.7 Å². The molecule has 0 radical (unpaired) electrons. The highest BCUT2D eigenvalue weighted by atomic mass is 35.5. The van der Waals surface area contributed by atoms with E-state index in [1.807, 2.05) is 12.1 Å². The lowest BCUT2D eigenvalue weighted by Crippen LogP contribution is -1.74. The van der Waals surface area contributed by atoms with Crippen molar-refractivity contribution < 1.29 is 9.62 Å². The zero-order chi connectivity index (χ0) is 10.7. The first-order chi connectivity index (χ1) is 7.29. The van der Waals surface area contributed by atoms with E-state index in [0.29, 0.717) is 16.5 Å². The molecule has 2 rings (SSSR count). The molecule has 15 heavy (non-hydrogen) atoms. The molecule has 2 aromatic rings. The molecule has 1 N–H and O–H groups in total.